The second kappa shape index (κ2) is 16.3. The van der Waals surface area contributed by atoms with E-state index < -0.39 is 29.6 Å². The standard InChI is InChI=1S/C38H37Cl2N3O9/c1-38(2,3)52-37(46)42-33(22-10-7-6-8-11-22)24-12-9-13-25(16-24)50-21-32-41-34(36(44)45)35(51-32)26(18-27-28(39)19-43(47)20-29(27)40)23-14-15-30(48-4)31(17-23)49-5/h6-17,19-20,26,33H,18,21H2,1-5H3,(H,42,46)(H,44,45)/t26-,33?/m0/s1. The van der Waals surface area contributed by atoms with Crippen LogP contribution in [-0.2, 0) is 17.8 Å². The number of benzene rings is 3. The molecular weight excluding hydrogens is 713 g/mol. The van der Waals surface area contributed by atoms with Gasteiger partial charge in [-0.25, -0.2) is 14.6 Å². The number of carbonyl (C=O) groups excluding carboxylic acids is 1. The smallest absolute Gasteiger partial charge is 0.408 e. The third kappa shape index (κ3) is 9.25. The van der Waals surface area contributed by atoms with Crippen molar-refractivity contribution in [2.45, 2.75) is 51.4 Å². The molecule has 272 valence electrons. The Labute approximate surface area is 310 Å². The number of carbonyl (C=O) groups is 2. The van der Waals surface area contributed by atoms with Gasteiger partial charge in [0.1, 0.15) is 27.2 Å². The molecule has 5 aromatic rings. The highest BCUT2D eigenvalue weighted by Crippen LogP contribution is 2.39. The number of aromatic carboxylic acids is 1. The number of nitrogens with zero attached hydrogens (tertiary/aromatic N) is 2. The molecular formula is C38H37Cl2N3O9. The monoisotopic (exact) mass is 749 g/mol. The van der Waals surface area contributed by atoms with E-state index in [0.717, 1.165) is 18.0 Å². The molecule has 3 aromatic carbocycles. The third-order valence-corrected chi connectivity index (χ3v) is 8.49. The Morgan fingerprint density at radius 3 is 2.23 bits per heavy atom. The third-order valence-electron chi connectivity index (χ3n) is 7.84. The zero-order valence-electron chi connectivity index (χ0n) is 29.0. The number of ether oxygens (including phenoxy) is 4. The molecule has 0 bridgehead atoms. The fourth-order valence-electron chi connectivity index (χ4n) is 5.55. The van der Waals surface area contributed by atoms with Gasteiger partial charge in [-0.1, -0.05) is 71.7 Å². The number of carboxylic acid groups (broad SMARTS) is 1. The molecule has 2 aromatic heterocycles. The number of pyridine rings is 1. The van der Waals surface area contributed by atoms with Crippen molar-refractivity contribution in [2.75, 3.05) is 14.2 Å². The Morgan fingerprint density at radius 2 is 1.60 bits per heavy atom. The van der Waals surface area contributed by atoms with E-state index in [-0.39, 0.29) is 40.4 Å². The van der Waals surface area contributed by atoms with Crippen LogP contribution in [-0.4, -0.2) is 42.0 Å². The maximum atomic E-state index is 12.8. The Hall–Kier alpha value is -5.46. The van der Waals surface area contributed by atoms with Gasteiger partial charge >= 0.3 is 12.1 Å². The maximum Gasteiger partial charge on any atom is 0.408 e. The molecule has 2 N–H and O–H groups in total. The highest BCUT2D eigenvalue weighted by atomic mass is 35.5. The summed E-state index contributed by atoms with van der Waals surface area (Å²) in [6.07, 6.45) is 1.77. The van der Waals surface area contributed by atoms with Crippen molar-refractivity contribution in [1.29, 1.82) is 0 Å². The summed E-state index contributed by atoms with van der Waals surface area (Å²) in [5.74, 6) is -0.899. The molecule has 0 aliphatic rings. The first-order valence-corrected chi connectivity index (χ1v) is 16.8. The molecule has 0 radical (unpaired) electrons. The lowest BCUT2D eigenvalue weighted by molar-refractivity contribution is -0.605. The van der Waals surface area contributed by atoms with Crippen LogP contribution in [0.2, 0.25) is 10.0 Å². The number of hydrogen-bond donors (Lipinski definition) is 2. The lowest BCUT2D eigenvalue weighted by atomic mass is 9.88. The number of nitrogens with one attached hydrogen (secondary N) is 1. The highest BCUT2D eigenvalue weighted by molar-refractivity contribution is 6.35. The molecule has 1 amide bonds. The summed E-state index contributed by atoms with van der Waals surface area (Å²) in [6.45, 7) is 5.12. The summed E-state index contributed by atoms with van der Waals surface area (Å²) in [6, 6.07) is 21.0. The van der Waals surface area contributed by atoms with Gasteiger partial charge in [-0.2, -0.15) is 4.73 Å². The van der Waals surface area contributed by atoms with Gasteiger partial charge in [0.2, 0.25) is 5.89 Å². The predicted molar refractivity (Wildman–Crippen MR) is 192 cm³/mol. The van der Waals surface area contributed by atoms with Crippen LogP contribution in [0.5, 0.6) is 17.2 Å². The predicted octanol–water partition coefficient (Wildman–Crippen LogP) is 7.90. The van der Waals surface area contributed by atoms with Crippen LogP contribution in [0.1, 0.15) is 77.1 Å². The van der Waals surface area contributed by atoms with E-state index in [1.54, 1.807) is 57.2 Å². The Morgan fingerprint density at radius 1 is 0.923 bits per heavy atom. The largest absolute Gasteiger partial charge is 0.619 e. The van der Waals surface area contributed by atoms with Crippen LogP contribution in [0.15, 0.2) is 89.6 Å². The highest BCUT2D eigenvalue weighted by Gasteiger charge is 2.31. The van der Waals surface area contributed by atoms with E-state index in [0.29, 0.717) is 38.7 Å². The van der Waals surface area contributed by atoms with Gasteiger partial charge < -0.3 is 39.0 Å². The van der Waals surface area contributed by atoms with Crippen molar-refractivity contribution >= 4 is 35.3 Å². The van der Waals surface area contributed by atoms with Gasteiger partial charge in [-0.15, -0.1) is 0 Å². The van der Waals surface area contributed by atoms with Crippen molar-refractivity contribution in [1.82, 2.24) is 10.3 Å². The lowest BCUT2D eigenvalue weighted by Gasteiger charge is -2.24. The van der Waals surface area contributed by atoms with Crippen LogP contribution in [0.25, 0.3) is 0 Å². The average molecular weight is 751 g/mol. The van der Waals surface area contributed by atoms with Gasteiger partial charge in [0.05, 0.1) is 20.3 Å². The second-order valence-corrected chi connectivity index (χ2v) is 13.5. The van der Waals surface area contributed by atoms with E-state index in [2.05, 4.69) is 10.3 Å². The normalized spacial score (nSPS) is 12.4. The number of aromatic nitrogens is 2. The van der Waals surface area contributed by atoms with Gasteiger partial charge in [0, 0.05) is 11.5 Å². The molecule has 0 aliphatic carbocycles. The minimum atomic E-state index is -1.33. The van der Waals surface area contributed by atoms with Crippen LogP contribution in [0, 0.1) is 5.21 Å². The van der Waals surface area contributed by atoms with E-state index in [4.69, 9.17) is 46.6 Å². The minimum Gasteiger partial charge on any atom is -0.619 e. The number of alkyl carbamates (subject to hydrolysis) is 1. The summed E-state index contributed by atoms with van der Waals surface area (Å²) in [5, 5.41) is 25.3. The molecule has 0 spiro atoms. The Kier molecular flexibility index (Phi) is 11.8. The molecule has 0 saturated carbocycles. The molecule has 52 heavy (non-hydrogen) atoms. The summed E-state index contributed by atoms with van der Waals surface area (Å²) in [4.78, 5) is 29.7. The molecule has 1 unspecified atom stereocenters. The zero-order chi connectivity index (χ0) is 37.6. The first kappa shape index (κ1) is 37.8. The lowest BCUT2D eigenvalue weighted by Crippen LogP contribution is -2.35. The minimum absolute atomic E-state index is 0.00348. The van der Waals surface area contributed by atoms with Crippen LogP contribution < -0.4 is 24.3 Å². The fourth-order valence-corrected chi connectivity index (χ4v) is 6.15. The Balaban J connectivity index is 1.48. The van der Waals surface area contributed by atoms with E-state index in [1.165, 1.54) is 14.2 Å². The first-order valence-electron chi connectivity index (χ1n) is 16.0. The number of halogens is 2. The van der Waals surface area contributed by atoms with Gasteiger partial charge in [-0.3, -0.25) is 0 Å². The molecule has 5 rings (SSSR count). The molecule has 0 saturated heterocycles. The van der Waals surface area contributed by atoms with E-state index >= 15 is 0 Å². The molecule has 14 heteroatoms. The number of hydrogen-bond acceptors (Lipinski definition) is 9. The fraction of sp³-hybridized carbons (Fsp3) is 0.263. The Bertz CT molecular complexity index is 2020. The summed E-state index contributed by atoms with van der Waals surface area (Å²) >= 11 is 12.9. The SMILES string of the molecule is COc1ccc([C@H](Cc2c(Cl)c[n+]([O-])cc2Cl)c2oc(COc3cccc(C(NC(=O)OC(C)(C)C)c4ccccc4)c3)nc2C(=O)O)cc1OC. The van der Waals surface area contributed by atoms with E-state index in [9.17, 15) is 19.9 Å². The summed E-state index contributed by atoms with van der Waals surface area (Å²) in [7, 11) is 2.98. The van der Waals surface area contributed by atoms with Gasteiger partial charge in [-0.05, 0) is 68.1 Å². The van der Waals surface area contributed by atoms with Gasteiger partial charge in [0.25, 0.3) is 0 Å². The van der Waals surface area contributed by atoms with Crippen LogP contribution in [0.4, 0.5) is 4.79 Å². The molecule has 2 heterocycles. The molecule has 0 aliphatic heterocycles. The van der Waals surface area contributed by atoms with Gasteiger partial charge in [0.15, 0.2) is 36.2 Å². The van der Waals surface area contributed by atoms with Crippen molar-refractivity contribution in [3.8, 4) is 17.2 Å². The van der Waals surface area contributed by atoms with Crippen molar-refractivity contribution in [3.63, 3.8) is 0 Å². The van der Waals surface area contributed by atoms with Crippen LogP contribution in [0.3, 0.4) is 0 Å². The van der Waals surface area contributed by atoms with Crippen molar-refractivity contribution in [2.24, 2.45) is 0 Å². The number of rotatable bonds is 13. The quantitative estimate of drug-likeness (QED) is 0.0896. The second-order valence-electron chi connectivity index (χ2n) is 12.6. The average Bonchev–Trinajstić information content (AvgIpc) is 3.53. The number of amides is 1. The molecule has 0 fully saturated rings. The summed E-state index contributed by atoms with van der Waals surface area (Å²) in [5.41, 5.74) is 1.45. The molecule has 2 atom stereocenters. The number of methoxy groups -OCH3 is 2. The van der Waals surface area contributed by atoms with Crippen molar-refractivity contribution < 1.29 is 42.8 Å². The zero-order valence-corrected chi connectivity index (χ0v) is 30.5. The number of carboxylic acids is 1. The number of oxazole rings is 1. The van der Waals surface area contributed by atoms with E-state index in [1.807, 2.05) is 36.4 Å². The van der Waals surface area contributed by atoms with Crippen LogP contribution >= 0.6 is 23.2 Å². The first-order chi connectivity index (χ1) is 24.8. The van der Waals surface area contributed by atoms with Crippen molar-refractivity contribution in [3.05, 3.63) is 140 Å². The summed E-state index contributed by atoms with van der Waals surface area (Å²) < 4.78 is 29.1. The molecule has 12 nitrogen and oxygen atoms in total. The topological polar surface area (TPSA) is 156 Å². The maximum absolute atomic E-state index is 12.8.